The zero-order valence-electron chi connectivity index (χ0n) is 11.3. The van der Waals surface area contributed by atoms with Crippen LogP contribution in [0.15, 0.2) is 24.3 Å². The molecule has 0 saturated carbocycles. The molecule has 0 saturated heterocycles. The van der Waals surface area contributed by atoms with Crippen LogP contribution >= 0.6 is 11.6 Å². The highest BCUT2D eigenvalue weighted by molar-refractivity contribution is 6.30. The molecular weight excluding hydrogens is 258 g/mol. The number of nitriles is 1. The van der Waals surface area contributed by atoms with Crippen molar-refractivity contribution in [3.05, 3.63) is 51.8 Å². The molecule has 0 atom stereocenters. The van der Waals surface area contributed by atoms with Gasteiger partial charge >= 0.3 is 0 Å². The third kappa shape index (κ3) is 2.74. The molecule has 0 aliphatic carbocycles. The second kappa shape index (κ2) is 5.38. The molecule has 4 heteroatoms. The van der Waals surface area contributed by atoms with E-state index in [4.69, 9.17) is 16.9 Å². The highest BCUT2D eigenvalue weighted by Gasteiger charge is 2.08. The van der Waals surface area contributed by atoms with Crippen molar-refractivity contribution in [1.29, 1.82) is 5.26 Å². The number of anilines is 1. The van der Waals surface area contributed by atoms with Crippen LogP contribution in [0.1, 0.15) is 22.5 Å². The van der Waals surface area contributed by atoms with E-state index >= 15 is 0 Å². The number of nitrogens with zero attached hydrogens (tertiary/aromatic N) is 2. The van der Waals surface area contributed by atoms with Crippen LogP contribution in [0, 0.1) is 25.2 Å². The minimum atomic E-state index is 0.683. The van der Waals surface area contributed by atoms with Gasteiger partial charge in [0.05, 0.1) is 0 Å². The SMILES string of the molecule is Cc1cc(Cl)ccc1NCc1cc(C#N)n(C)c1C. The Labute approximate surface area is 118 Å². The monoisotopic (exact) mass is 273 g/mol. The Bertz CT molecular complexity index is 650. The number of nitrogens with one attached hydrogen (secondary N) is 1. The molecule has 3 nitrogen and oxygen atoms in total. The molecule has 0 unspecified atom stereocenters. The lowest BCUT2D eigenvalue weighted by atomic mass is 10.2. The first-order chi connectivity index (χ1) is 9.02. The number of rotatable bonds is 3. The van der Waals surface area contributed by atoms with E-state index < -0.39 is 0 Å². The molecule has 0 fully saturated rings. The van der Waals surface area contributed by atoms with Gasteiger partial charge in [-0.05, 0) is 49.2 Å². The largest absolute Gasteiger partial charge is 0.381 e. The molecule has 19 heavy (non-hydrogen) atoms. The molecule has 0 spiro atoms. The van der Waals surface area contributed by atoms with Gasteiger partial charge in [0.1, 0.15) is 11.8 Å². The van der Waals surface area contributed by atoms with Gasteiger partial charge in [-0.2, -0.15) is 5.26 Å². The summed E-state index contributed by atoms with van der Waals surface area (Å²) in [6.45, 7) is 4.74. The second-order valence-electron chi connectivity index (χ2n) is 4.62. The summed E-state index contributed by atoms with van der Waals surface area (Å²) in [4.78, 5) is 0. The Morgan fingerprint density at radius 3 is 2.63 bits per heavy atom. The maximum absolute atomic E-state index is 9.01. The van der Waals surface area contributed by atoms with Crippen LogP contribution in [0.25, 0.3) is 0 Å². The van der Waals surface area contributed by atoms with Gasteiger partial charge in [-0.15, -0.1) is 0 Å². The zero-order valence-corrected chi connectivity index (χ0v) is 12.0. The van der Waals surface area contributed by atoms with Gasteiger partial charge in [0, 0.05) is 30.0 Å². The normalized spacial score (nSPS) is 10.3. The van der Waals surface area contributed by atoms with Crippen molar-refractivity contribution in [3.8, 4) is 6.07 Å². The van der Waals surface area contributed by atoms with E-state index in [1.165, 1.54) is 0 Å². The quantitative estimate of drug-likeness (QED) is 0.925. The number of aromatic nitrogens is 1. The van der Waals surface area contributed by atoms with E-state index in [-0.39, 0.29) is 0 Å². The maximum Gasteiger partial charge on any atom is 0.120 e. The van der Waals surface area contributed by atoms with Crippen molar-refractivity contribution in [3.63, 3.8) is 0 Å². The molecule has 0 radical (unpaired) electrons. The summed E-state index contributed by atoms with van der Waals surface area (Å²) in [6.07, 6.45) is 0. The first-order valence-corrected chi connectivity index (χ1v) is 6.46. The standard InChI is InChI=1S/C15H16ClN3/c1-10-6-13(16)4-5-15(10)18-9-12-7-14(8-17)19(3)11(12)2/h4-7,18H,9H2,1-3H3. The predicted molar refractivity (Wildman–Crippen MR) is 78.4 cm³/mol. The third-order valence-corrected chi connectivity index (χ3v) is 3.65. The molecule has 1 N–H and O–H groups in total. The Morgan fingerprint density at radius 2 is 2.05 bits per heavy atom. The van der Waals surface area contributed by atoms with E-state index in [0.29, 0.717) is 12.2 Å². The molecule has 2 aromatic rings. The van der Waals surface area contributed by atoms with Crippen LogP contribution in [-0.4, -0.2) is 4.57 Å². The van der Waals surface area contributed by atoms with Gasteiger partial charge in [-0.25, -0.2) is 0 Å². The summed E-state index contributed by atoms with van der Waals surface area (Å²) < 4.78 is 1.91. The Kier molecular flexibility index (Phi) is 3.82. The van der Waals surface area contributed by atoms with Crippen LogP contribution in [0.5, 0.6) is 0 Å². The molecule has 98 valence electrons. The van der Waals surface area contributed by atoms with Gasteiger partial charge in [0.2, 0.25) is 0 Å². The average Bonchev–Trinajstić information content (AvgIpc) is 2.65. The van der Waals surface area contributed by atoms with Crippen LogP contribution in [0.4, 0.5) is 5.69 Å². The first-order valence-electron chi connectivity index (χ1n) is 6.08. The Balaban J connectivity index is 2.17. The predicted octanol–water partition coefficient (Wildman–Crippen LogP) is 3.78. The van der Waals surface area contributed by atoms with Crippen molar-refractivity contribution in [2.45, 2.75) is 20.4 Å². The molecule has 0 aliphatic heterocycles. The number of aryl methyl sites for hydroxylation is 1. The molecule has 1 heterocycles. The highest BCUT2D eigenvalue weighted by Crippen LogP contribution is 2.21. The lowest BCUT2D eigenvalue weighted by Gasteiger charge is -2.10. The number of halogens is 1. The van der Waals surface area contributed by atoms with Gasteiger partial charge in [0.15, 0.2) is 0 Å². The smallest absolute Gasteiger partial charge is 0.120 e. The van der Waals surface area contributed by atoms with Crippen LogP contribution in [-0.2, 0) is 13.6 Å². The molecule has 1 aromatic carbocycles. The fraction of sp³-hybridized carbons (Fsp3) is 0.267. The van der Waals surface area contributed by atoms with E-state index in [0.717, 1.165) is 27.5 Å². The number of hydrogen-bond donors (Lipinski definition) is 1. The Hall–Kier alpha value is -1.92. The van der Waals surface area contributed by atoms with Gasteiger partial charge in [-0.3, -0.25) is 0 Å². The molecule has 0 aliphatic rings. The fourth-order valence-corrected chi connectivity index (χ4v) is 2.29. The minimum Gasteiger partial charge on any atom is -0.381 e. The van der Waals surface area contributed by atoms with Crippen molar-refractivity contribution in [1.82, 2.24) is 4.57 Å². The van der Waals surface area contributed by atoms with Crippen molar-refractivity contribution in [2.75, 3.05) is 5.32 Å². The first kappa shape index (κ1) is 13.5. The molecule has 0 bridgehead atoms. The van der Waals surface area contributed by atoms with E-state index in [2.05, 4.69) is 11.4 Å². The summed E-state index contributed by atoms with van der Waals surface area (Å²) in [5.41, 5.74) is 5.10. The number of hydrogen-bond acceptors (Lipinski definition) is 2. The van der Waals surface area contributed by atoms with Crippen LogP contribution in [0.3, 0.4) is 0 Å². The van der Waals surface area contributed by atoms with Crippen molar-refractivity contribution >= 4 is 17.3 Å². The van der Waals surface area contributed by atoms with E-state index in [1.54, 1.807) is 0 Å². The van der Waals surface area contributed by atoms with Gasteiger partial charge in [0.25, 0.3) is 0 Å². The highest BCUT2D eigenvalue weighted by atomic mass is 35.5. The molecule has 0 amide bonds. The summed E-state index contributed by atoms with van der Waals surface area (Å²) in [5, 5.41) is 13.1. The molecule has 2 rings (SSSR count). The summed E-state index contributed by atoms with van der Waals surface area (Å²) in [7, 11) is 1.91. The topological polar surface area (TPSA) is 40.8 Å². The van der Waals surface area contributed by atoms with Gasteiger partial charge < -0.3 is 9.88 Å². The molecular formula is C15H16ClN3. The van der Waals surface area contributed by atoms with Crippen molar-refractivity contribution < 1.29 is 0 Å². The van der Waals surface area contributed by atoms with Gasteiger partial charge in [-0.1, -0.05) is 11.6 Å². The molecule has 1 aromatic heterocycles. The lowest BCUT2D eigenvalue weighted by molar-refractivity contribution is 0.856. The second-order valence-corrected chi connectivity index (χ2v) is 5.06. The maximum atomic E-state index is 9.01. The summed E-state index contributed by atoms with van der Waals surface area (Å²) >= 11 is 5.94. The van der Waals surface area contributed by atoms with Crippen molar-refractivity contribution in [2.24, 2.45) is 7.05 Å². The zero-order chi connectivity index (χ0) is 14.0. The minimum absolute atomic E-state index is 0.683. The fourth-order valence-electron chi connectivity index (χ4n) is 2.06. The summed E-state index contributed by atoms with van der Waals surface area (Å²) in [5.74, 6) is 0. The van der Waals surface area contributed by atoms with Crippen LogP contribution in [0.2, 0.25) is 5.02 Å². The van der Waals surface area contributed by atoms with E-state index in [1.807, 2.05) is 49.7 Å². The average molecular weight is 274 g/mol. The van der Waals surface area contributed by atoms with E-state index in [9.17, 15) is 0 Å². The van der Waals surface area contributed by atoms with Crippen LogP contribution < -0.4 is 5.32 Å². The Morgan fingerprint density at radius 1 is 1.32 bits per heavy atom. The lowest BCUT2D eigenvalue weighted by Crippen LogP contribution is -2.02. The summed E-state index contributed by atoms with van der Waals surface area (Å²) in [6, 6.07) is 9.89. The third-order valence-electron chi connectivity index (χ3n) is 3.41. The number of benzene rings is 1.